The number of nitrogens with one attached hydrogen (secondary N) is 1. The van der Waals surface area contributed by atoms with Crippen molar-refractivity contribution in [3.05, 3.63) is 54.1 Å². The fraction of sp³-hybridized carbons (Fsp3) is 0.316. The van der Waals surface area contributed by atoms with Crippen molar-refractivity contribution in [1.82, 2.24) is 15.1 Å². The lowest BCUT2D eigenvalue weighted by molar-refractivity contribution is 0.297. The van der Waals surface area contributed by atoms with Gasteiger partial charge in [-0.05, 0) is 24.3 Å². The summed E-state index contributed by atoms with van der Waals surface area (Å²) in [6.07, 6.45) is 6.38. The highest BCUT2D eigenvalue weighted by atomic mass is 16.5. The van der Waals surface area contributed by atoms with Crippen molar-refractivity contribution in [1.29, 1.82) is 0 Å². The molecule has 6 heteroatoms. The average Bonchev–Trinajstić information content (AvgIpc) is 3.19. The molecule has 3 aromatic rings. The number of furan rings is 1. The van der Waals surface area contributed by atoms with Gasteiger partial charge in [-0.1, -0.05) is 0 Å². The molecule has 0 fully saturated rings. The predicted octanol–water partition coefficient (Wildman–Crippen LogP) is 3.13. The quantitative estimate of drug-likeness (QED) is 0.774. The van der Waals surface area contributed by atoms with Crippen LogP contribution in [0.15, 0.2) is 47.4 Å². The van der Waals surface area contributed by atoms with E-state index < -0.39 is 0 Å². The van der Waals surface area contributed by atoms with E-state index in [1.165, 1.54) is 0 Å². The number of aromatic nitrogens is 2. The minimum Gasteiger partial charge on any atom is -0.490 e. The third-order valence-corrected chi connectivity index (χ3v) is 4.15. The summed E-state index contributed by atoms with van der Waals surface area (Å²) in [5.74, 6) is 1.59. The number of aryl methyl sites for hydroxylation is 1. The van der Waals surface area contributed by atoms with Gasteiger partial charge >= 0.3 is 0 Å². The number of nitrogens with zero attached hydrogens (tertiary/aromatic N) is 2. The van der Waals surface area contributed by atoms with Gasteiger partial charge in [-0.25, -0.2) is 0 Å². The Morgan fingerprint density at radius 1 is 1.12 bits per heavy atom. The van der Waals surface area contributed by atoms with Gasteiger partial charge in [0.15, 0.2) is 11.5 Å². The van der Waals surface area contributed by atoms with Crippen LogP contribution in [0.25, 0.3) is 11.3 Å². The number of fused-ring (bicyclic) bond motifs is 1. The van der Waals surface area contributed by atoms with E-state index in [4.69, 9.17) is 13.9 Å². The first-order chi connectivity index (χ1) is 12.3. The van der Waals surface area contributed by atoms with E-state index >= 15 is 0 Å². The van der Waals surface area contributed by atoms with Crippen molar-refractivity contribution in [2.75, 3.05) is 13.2 Å². The Morgan fingerprint density at radius 2 is 2.00 bits per heavy atom. The van der Waals surface area contributed by atoms with Crippen LogP contribution in [0, 0.1) is 0 Å². The fourth-order valence-corrected chi connectivity index (χ4v) is 2.96. The zero-order valence-electron chi connectivity index (χ0n) is 14.2. The molecule has 1 aromatic carbocycles. The molecule has 6 nitrogen and oxygen atoms in total. The number of hydrogen-bond acceptors (Lipinski definition) is 5. The lowest BCUT2D eigenvalue weighted by atomic mass is 10.1. The highest BCUT2D eigenvalue weighted by Crippen LogP contribution is 2.34. The van der Waals surface area contributed by atoms with Gasteiger partial charge in [0.2, 0.25) is 0 Å². The SMILES string of the molecule is Cn1cc(CNCc2ccoc2)c(-c2ccc3c(c2)OCCCO3)n1. The minimum atomic E-state index is 0.678. The summed E-state index contributed by atoms with van der Waals surface area (Å²) in [7, 11) is 1.94. The molecular weight excluding hydrogens is 318 g/mol. The highest BCUT2D eigenvalue weighted by molar-refractivity contribution is 5.66. The van der Waals surface area contributed by atoms with Crippen molar-refractivity contribution >= 4 is 0 Å². The van der Waals surface area contributed by atoms with Gasteiger partial charge in [0.05, 0.1) is 31.4 Å². The number of benzene rings is 1. The lowest BCUT2D eigenvalue weighted by Crippen LogP contribution is -2.12. The van der Waals surface area contributed by atoms with Crippen molar-refractivity contribution in [2.24, 2.45) is 7.05 Å². The zero-order valence-corrected chi connectivity index (χ0v) is 14.2. The van der Waals surface area contributed by atoms with Gasteiger partial charge in [-0.15, -0.1) is 0 Å². The smallest absolute Gasteiger partial charge is 0.161 e. The number of hydrogen-bond donors (Lipinski definition) is 1. The summed E-state index contributed by atoms with van der Waals surface area (Å²) < 4.78 is 18.4. The van der Waals surface area contributed by atoms with Crippen LogP contribution >= 0.6 is 0 Å². The molecule has 0 amide bonds. The van der Waals surface area contributed by atoms with Crippen molar-refractivity contribution in [3.63, 3.8) is 0 Å². The molecule has 130 valence electrons. The van der Waals surface area contributed by atoms with Gasteiger partial charge < -0.3 is 19.2 Å². The zero-order chi connectivity index (χ0) is 17.1. The maximum absolute atomic E-state index is 5.80. The van der Waals surface area contributed by atoms with Crippen LogP contribution in [0.5, 0.6) is 11.5 Å². The molecule has 1 aliphatic heterocycles. The Morgan fingerprint density at radius 3 is 2.84 bits per heavy atom. The molecule has 0 aliphatic carbocycles. The van der Waals surface area contributed by atoms with Gasteiger partial charge in [-0.3, -0.25) is 4.68 Å². The summed E-state index contributed by atoms with van der Waals surface area (Å²) >= 11 is 0. The summed E-state index contributed by atoms with van der Waals surface area (Å²) in [6, 6.07) is 7.98. The molecule has 0 radical (unpaired) electrons. The van der Waals surface area contributed by atoms with Crippen LogP contribution < -0.4 is 14.8 Å². The van der Waals surface area contributed by atoms with Gasteiger partial charge in [0, 0.05) is 49.4 Å². The highest BCUT2D eigenvalue weighted by Gasteiger charge is 2.15. The molecule has 1 aliphatic rings. The van der Waals surface area contributed by atoms with Crippen molar-refractivity contribution < 1.29 is 13.9 Å². The van der Waals surface area contributed by atoms with Gasteiger partial charge in [0.25, 0.3) is 0 Å². The van der Waals surface area contributed by atoms with E-state index in [1.807, 2.05) is 42.2 Å². The van der Waals surface area contributed by atoms with E-state index in [1.54, 1.807) is 12.5 Å². The molecule has 0 atom stereocenters. The molecule has 0 saturated carbocycles. The van der Waals surface area contributed by atoms with Crippen molar-refractivity contribution in [3.8, 4) is 22.8 Å². The van der Waals surface area contributed by atoms with Crippen LogP contribution in [-0.4, -0.2) is 23.0 Å². The molecular formula is C19H21N3O3. The second-order valence-corrected chi connectivity index (χ2v) is 6.12. The van der Waals surface area contributed by atoms with Gasteiger partial charge in [0.1, 0.15) is 0 Å². The summed E-state index contributed by atoms with van der Waals surface area (Å²) in [6.45, 7) is 2.85. The maximum atomic E-state index is 5.80. The second kappa shape index (κ2) is 7.03. The van der Waals surface area contributed by atoms with Crippen LogP contribution in [-0.2, 0) is 20.1 Å². The van der Waals surface area contributed by atoms with E-state index in [0.717, 1.165) is 53.4 Å². The molecule has 1 N–H and O–H groups in total. The molecule has 0 unspecified atom stereocenters. The number of ether oxygens (including phenoxy) is 2. The average molecular weight is 339 g/mol. The Kier molecular flexibility index (Phi) is 4.43. The molecule has 0 saturated heterocycles. The Bertz CT molecular complexity index is 840. The summed E-state index contributed by atoms with van der Waals surface area (Å²) in [5, 5.41) is 8.06. The molecule has 3 heterocycles. The fourth-order valence-electron chi connectivity index (χ4n) is 2.96. The minimum absolute atomic E-state index is 0.678. The number of rotatable bonds is 5. The first-order valence-electron chi connectivity index (χ1n) is 8.44. The van der Waals surface area contributed by atoms with E-state index in [9.17, 15) is 0 Å². The van der Waals surface area contributed by atoms with E-state index in [-0.39, 0.29) is 0 Å². The predicted molar refractivity (Wildman–Crippen MR) is 93.5 cm³/mol. The van der Waals surface area contributed by atoms with Crippen LogP contribution in [0.3, 0.4) is 0 Å². The van der Waals surface area contributed by atoms with Crippen LogP contribution in [0.2, 0.25) is 0 Å². The Hall–Kier alpha value is -2.73. The van der Waals surface area contributed by atoms with E-state index in [2.05, 4.69) is 10.4 Å². The van der Waals surface area contributed by atoms with Crippen molar-refractivity contribution in [2.45, 2.75) is 19.5 Å². The Labute approximate surface area is 146 Å². The molecule has 4 rings (SSSR count). The largest absolute Gasteiger partial charge is 0.490 e. The third-order valence-electron chi connectivity index (χ3n) is 4.15. The molecule has 2 aromatic heterocycles. The first-order valence-corrected chi connectivity index (χ1v) is 8.44. The summed E-state index contributed by atoms with van der Waals surface area (Å²) in [4.78, 5) is 0. The monoisotopic (exact) mass is 339 g/mol. The second-order valence-electron chi connectivity index (χ2n) is 6.12. The first kappa shape index (κ1) is 15.8. The van der Waals surface area contributed by atoms with Gasteiger partial charge in [-0.2, -0.15) is 5.10 Å². The topological polar surface area (TPSA) is 61.5 Å². The molecule has 0 bridgehead atoms. The standard InChI is InChI=1S/C19H21N3O3/c1-22-12-16(11-20-10-14-5-8-23-13-14)19(21-22)15-3-4-17-18(9-15)25-7-2-6-24-17/h3-5,8-9,12-13,20H,2,6-7,10-11H2,1H3. The third kappa shape index (κ3) is 3.53. The normalized spacial score (nSPS) is 13.6. The van der Waals surface area contributed by atoms with E-state index in [0.29, 0.717) is 13.2 Å². The molecule has 25 heavy (non-hydrogen) atoms. The Balaban J connectivity index is 1.54. The van der Waals surface area contributed by atoms with Crippen LogP contribution in [0.1, 0.15) is 17.5 Å². The maximum Gasteiger partial charge on any atom is 0.161 e. The van der Waals surface area contributed by atoms with Crippen LogP contribution in [0.4, 0.5) is 0 Å². The lowest BCUT2D eigenvalue weighted by Gasteiger charge is -2.09. The molecule has 0 spiro atoms. The summed E-state index contributed by atoms with van der Waals surface area (Å²) in [5.41, 5.74) is 4.25.